The zero-order chi connectivity index (χ0) is 22.7. The fourth-order valence-corrected chi connectivity index (χ4v) is 4.27. The normalized spacial score (nSPS) is 11.3. The second-order valence-electron chi connectivity index (χ2n) is 7.18. The molecule has 0 fully saturated rings. The number of nitrogens with zero attached hydrogens (tertiary/aromatic N) is 1. The highest BCUT2D eigenvalue weighted by molar-refractivity contribution is 7.91. The zero-order valence-electron chi connectivity index (χ0n) is 17.7. The van der Waals surface area contributed by atoms with Gasteiger partial charge in [0.15, 0.2) is 9.84 Å². The third kappa shape index (κ3) is 4.33. The molecule has 1 N–H and O–H groups in total. The maximum Gasteiger partial charge on any atom is 0.256 e. The van der Waals surface area contributed by atoms with Crippen molar-refractivity contribution in [3.05, 3.63) is 84.4 Å². The Balaban J connectivity index is 1.70. The van der Waals surface area contributed by atoms with E-state index in [0.717, 1.165) is 16.7 Å². The molecule has 0 bridgehead atoms. The van der Waals surface area contributed by atoms with E-state index in [0.29, 0.717) is 22.5 Å². The van der Waals surface area contributed by atoms with Crippen LogP contribution >= 0.6 is 0 Å². The Morgan fingerprint density at radius 3 is 2.31 bits per heavy atom. The van der Waals surface area contributed by atoms with E-state index in [9.17, 15) is 13.2 Å². The number of hydrogen-bond acceptors (Lipinski definition) is 5. The van der Waals surface area contributed by atoms with Crippen LogP contribution in [0.25, 0.3) is 22.2 Å². The minimum Gasteiger partial charge on any atom is -0.497 e. The summed E-state index contributed by atoms with van der Waals surface area (Å²) in [6.07, 6.45) is 0. The van der Waals surface area contributed by atoms with Crippen LogP contribution in [0, 0.1) is 0 Å². The first-order chi connectivity index (χ1) is 15.4. The molecule has 6 nitrogen and oxygen atoms in total. The summed E-state index contributed by atoms with van der Waals surface area (Å²) in [5.41, 5.74) is 3.22. The number of aromatic nitrogens is 1. The Bertz CT molecular complexity index is 1380. The molecule has 1 heterocycles. The van der Waals surface area contributed by atoms with Crippen LogP contribution in [0.1, 0.15) is 17.3 Å². The lowest BCUT2D eigenvalue weighted by molar-refractivity contribution is 0.102. The predicted molar refractivity (Wildman–Crippen MR) is 126 cm³/mol. The van der Waals surface area contributed by atoms with Gasteiger partial charge in [0.25, 0.3) is 5.91 Å². The number of ether oxygens (including phenoxy) is 1. The fourth-order valence-electron chi connectivity index (χ4n) is 3.38. The SMILES string of the molecule is CCS(=O)(=O)c1ccc(NC(=O)c2cc(-c3ccc(OC)cc3)nc3ccccc23)cc1. The number of amides is 1. The lowest BCUT2D eigenvalue weighted by atomic mass is 10.0. The average molecular weight is 447 g/mol. The molecule has 0 saturated heterocycles. The number of hydrogen-bond donors (Lipinski definition) is 1. The largest absolute Gasteiger partial charge is 0.497 e. The van der Waals surface area contributed by atoms with E-state index in [1.165, 1.54) is 12.1 Å². The minimum absolute atomic E-state index is 0.0237. The predicted octanol–water partition coefficient (Wildman–Crippen LogP) is 4.96. The molecule has 0 atom stereocenters. The molecule has 1 aromatic heterocycles. The number of carbonyl (C=O) groups is 1. The van der Waals surface area contributed by atoms with Gasteiger partial charge in [0, 0.05) is 16.6 Å². The number of benzene rings is 3. The van der Waals surface area contributed by atoms with Crippen molar-refractivity contribution >= 4 is 32.3 Å². The van der Waals surface area contributed by atoms with Crippen molar-refractivity contribution in [1.29, 1.82) is 0 Å². The van der Waals surface area contributed by atoms with Gasteiger partial charge in [-0.15, -0.1) is 0 Å². The number of anilines is 1. The first-order valence-corrected chi connectivity index (χ1v) is 11.7. The quantitative estimate of drug-likeness (QED) is 0.453. The van der Waals surface area contributed by atoms with Crippen LogP contribution < -0.4 is 10.1 Å². The summed E-state index contributed by atoms with van der Waals surface area (Å²) in [5, 5.41) is 3.59. The number of sulfone groups is 1. The third-order valence-electron chi connectivity index (χ3n) is 5.20. The van der Waals surface area contributed by atoms with Gasteiger partial charge in [-0.3, -0.25) is 4.79 Å². The molecule has 0 aliphatic heterocycles. The number of para-hydroxylation sites is 1. The second kappa shape index (κ2) is 8.80. The smallest absolute Gasteiger partial charge is 0.256 e. The number of fused-ring (bicyclic) bond motifs is 1. The fraction of sp³-hybridized carbons (Fsp3) is 0.120. The summed E-state index contributed by atoms with van der Waals surface area (Å²) in [7, 11) is -1.69. The van der Waals surface area contributed by atoms with E-state index in [4.69, 9.17) is 9.72 Å². The maximum atomic E-state index is 13.2. The van der Waals surface area contributed by atoms with Crippen molar-refractivity contribution in [3.63, 3.8) is 0 Å². The molecule has 1 amide bonds. The van der Waals surface area contributed by atoms with Crippen LogP contribution in [-0.4, -0.2) is 32.2 Å². The lowest BCUT2D eigenvalue weighted by Gasteiger charge is -2.11. The first kappa shape index (κ1) is 21.5. The van der Waals surface area contributed by atoms with E-state index >= 15 is 0 Å². The highest BCUT2D eigenvalue weighted by Gasteiger charge is 2.15. The number of rotatable bonds is 6. The van der Waals surface area contributed by atoms with Gasteiger partial charge >= 0.3 is 0 Å². The van der Waals surface area contributed by atoms with Crippen LogP contribution in [0.4, 0.5) is 5.69 Å². The van der Waals surface area contributed by atoms with Gasteiger partial charge in [0.2, 0.25) is 0 Å². The Hall–Kier alpha value is -3.71. The van der Waals surface area contributed by atoms with Gasteiger partial charge < -0.3 is 10.1 Å². The van der Waals surface area contributed by atoms with Gasteiger partial charge in [-0.05, 0) is 60.7 Å². The monoisotopic (exact) mass is 446 g/mol. The summed E-state index contributed by atoms with van der Waals surface area (Å²) in [5.74, 6) is 0.459. The standard InChI is InChI=1S/C25H22N2O4S/c1-3-32(29,30)20-14-10-18(11-15-20)26-25(28)22-16-24(17-8-12-19(31-2)13-9-17)27-23-7-5-4-6-21(22)23/h4-16H,3H2,1-2H3,(H,26,28). The number of pyridine rings is 1. The van der Waals surface area contributed by atoms with Gasteiger partial charge in [0.05, 0.1) is 34.5 Å². The zero-order valence-corrected chi connectivity index (χ0v) is 18.5. The van der Waals surface area contributed by atoms with Crippen LogP contribution in [0.2, 0.25) is 0 Å². The van der Waals surface area contributed by atoms with E-state index in [-0.39, 0.29) is 16.6 Å². The van der Waals surface area contributed by atoms with Crippen LogP contribution in [0.5, 0.6) is 5.75 Å². The van der Waals surface area contributed by atoms with Crippen molar-refractivity contribution in [1.82, 2.24) is 4.98 Å². The molecule has 3 aromatic carbocycles. The summed E-state index contributed by atoms with van der Waals surface area (Å²) in [4.78, 5) is 18.1. The summed E-state index contributed by atoms with van der Waals surface area (Å²) < 4.78 is 29.2. The van der Waals surface area contributed by atoms with Crippen LogP contribution in [-0.2, 0) is 9.84 Å². The molecular weight excluding hydrogens is 424 g/mol. The molecule has 0 spiro atoms. The molecule has 162 valence electrons. The number of methoxy groups -OCH3 is 1. The Morgan fingerprint density at radius 1 is 0.969 bits per heavy atom. The highest BCUT2D eigenvalue weighted by Crippen LogP contribution is 2.27. The summed E-state index contributed by atoms with van der Waals surface area (Å²) >= 11 is 0. The average Bonchev–Trinajstić information content (AvgIpc) is 2.83. The Morgan fingerprint density at radius 2 is 1.66 bits per heavy atom. The Labute approximate surface area is 186 Å². The topological polar surface area (TPSA) is 85.4 Å². The van der Waals surface area contributed by atoms with Crippen molar-refractivity contribution in [3.8, 4) is 17.0 Å². The molecule has 4 rings (SSSR count). The molecule has 32 heavy (non-hydrogen) atoms. The number of carbonyl (C=O) groups excluding carboxylic acids is 1. The summed E-state index contributed by atoms with van der Waals surface area (Å²) in [6.45, 7) is 1.60. The van der Waals surface area contributed by atoms with Gasteiger partial charge in [-0.25, -0.2) is 13.4 Å². The van der Waals surface area contributed by atoms with Crippen LogP contribution in [0.3, 0.4) is 0 Å². The molecular formula is C25H22N2O4S. The second-order valence-corrected chi connectivity index (χ2v) is 9.46. The molecule has 0 aliphatic rings. The van der Waals surface area contributed by atoms with Crippen molar-refractivity contribution < 1.29 is 17.9 Å². The van der Waals surface area contributed by atoms with Crippen molar-refractivity contribution in [2.24, 2.45) is 0 Å². The van der Waals surface area contributed by atoms with Gasteiger partial charge in [-0.1, -0.05) is 25.1 Å². The van der Waals surface area contributed by atoms with E-state index in [1.807, 2.05) is 48.5 Å². The van der Waals surface area contributed by atoms with E-state index in [1.54, 1.807) is 32.2 Å². The molecule has 0 unspecified atom stereocenters. The molecule has 0 aliphatic carbocycles. The molecule has 0 radical (unpaired) electrons. The molecule has 4 aromatic rings. The van der Waals surface area contributed by atoms with E-state index < -0.39 is 9.84 Å². The third-order valence-corrected chi connectivity index (χ3v) is 6.95. The number of nitrogens with one attached hydrogen (secondary N) is 1. The van der Waals surface area contributed by atoms with Crippen LogP contribution in [0.15, 0.2) is 83.8 Å². The molecule has 0 saturated carbocycles. The maximum absolute atomic E-state index is 13.2. The van der Waals surface area contributed by atoms with Gasteiger partial charge in [0.1, 0.15) is 5.75 Å². The minimum atomic E-state index is -3.30. The molecule has 7 heteroatoms. The van der Waals surface area contributed by atoms with Crippen molar-refractivity contribution in [2.45, 2.75) is 11.8 Å². The van der Waals surface area contributed by atoms with Gasteiger partial charge in [-0.2, -0.15) is 0 Å². The highest BCUT2D eigenvalue weighted by atomic mass is 32.2. The summed E-state index contributed by atoms with van der Waals surface area (Å²) in [6, 6.07) is 22.9. The lowest BCUT2D eigenvalue weighted by Crippen LogP contribution is -2.13. The Kier molecular flexibility index (Phi) is 5.92. The first-order valence-electron chi connectivity index (χ1n) is 10.1. The van der Waals surface area contributed by atoms with E-state index in [2.05, 4.69) is 5.32 Å². The van der Waals surface area contributed by atoms with Crippen molar-refractivity contribution in [2.75, 3.05) is 18.2 Å².